The summed E-state index contributed by atoms with van der Waals surface area (Å²) in [4.78, 5) is 72.4. The standard InChI is InChI=1S/C72H140O17P2/c1-8-9-10-36-46-53-69(74)82-59-67(88-71(76)56-49-42-35-29-23-17-20-26-32-39-45-52-65(6)7)61-86-90(78,79)84-57-66(73)58-85-91(80,81)87-62-68(89-72(77)55-48-41-34-28-22-16-12-14-19-25-31-38-44-51-64(4)5)60-83-70(75)54-47-40-33-27-21-15-11-13-18-24-30-37-43-50-63(2)3/h63-68,73H,8-62H2,1-7H3,(H,78,79)(H,80,81)/t66-,67+,68+/m0/s1. The van der Waals surface area contributed by atoms with Crippen LogP contribution in [0.1, 0.15) is 363 Å². The molecule has 0 heterocycles. The van der Waals surface area contributed by atoms with Gasteiger partial charge in [0, 0.05) is 25.7 Å². The molecule has 3 N–H and O–H groups in total. The van der Waals surface area contributed by atoms with Crippen LogP contribution in [0.2, 0.25) is 0 Å². The number of carbonyl (C=O) groups excluding carboxylic acids is 4. The molecule has 0 fully saturated rings. The molecule has 0 saturated heterocycles. The van der Waals surface area contributed by atoms with Crippen molar-refractivity contribution in [1.29, 1.82) is 0 Å². The SMILES string of the molecule is CCCCCCCC(=O)OC[C@H](COP(=O)(O)OC[C@H](O)COP(=O)(O)OC[C@@H](COC(=O)CCCCCCCCCCCCCCCC(C)C)OC(=O)CCCCCCCCCCCCCCCC(C)C)OC(=O)CCCCCCCCCCCCCC(C)C. The molecule has 0 saturated carbocycles. The lowest BCUT2D eigenvalue weighted by Gasteiger charge is -2.21. The molecule has 0 rings (SSSR count). The minimum atomic E-state index is -4.95. The Morgan fingerprint density at radius 2 is 0.505 bits per heavy atom. The van der Waals surface area contributed by atoms with Crippen LogP contribution in [0.25, 0.3) is 0 Å². The number of phosphoric ester groups is 2. The van der Waals surface area contributed by atoms with Gasteiger partial charge in [-0.2, -0.15) is 0 Å². The molecule has 0 amide bonds. The third-order valence-corrected chi connectivity index (χ3v) is 18.5. The molecule has 540 valence electrons. The van der Waals surface area contributed by atoms with Crippen molar-refractivity contribution in [3.8, 4) is 0 Å². The van der Waals surface area contributed by atoms with E-state index in [0.717, 1.165) is 114 Å². The number of rotatable bonds is 70. The minimum absolute atomic E-state index is 0.105. The van der Waals surface area contributed by atoms with Gasteiger partial charge < -0.3 is 33.8 Å². The Bertz CT molecular complexity index is 1780. The molecule has 0 aromatic heterocycles. The van der Waals surface area contributed by atoms with Crippen molar-refractivity contribution >= 4 is 39.5 Å². The lowest BCUT2D eigenvalue weighted by molar-refractivity contribution is -0.161. The van der Waals surface area contributed by atoms with Gasteiger partial charge in [0.15, 0.2) is 12.2 Å². The maximum atomic E-state index is 13.0. The highest BCUT2D eigenvalue weighted by molar-refractivity contribution is 7.47. The third kappa shape index (κ3) is 66.5. The van der Waals surface area contributed by atoms with Crippen molar-refractivity contribution < 1.29 is 80.2 Å². The van der Waals surface area contributed by atoms with Crippen LogP contribution in [0, 0.1) is 17.8 Å². The van der Waals surface area contributed by atoms with Crippen LogP contribution >= 0.6 is 15.6 Å². The minimum Gasteiger partial charge on any atom is -0.462 e. The Morgan fingerprint density at radius 3 is 0.747 bits per heavy atom. The summed E-state index contributed by atoms with van der Waals surface area (Å²) in [6.07, 6.45) is 47.5. The van der Waals surface area contributed by atoms with E-state index in [1.54, 1.807) is 0 Å². The number of aliphatic hydroxyl groups is 1. The zero-order valence-electron chi connectivity index (χ0n) is 59.3. The fourth-order valence-electron chi connectivity index (χ4n) is 10.9. The summed E-state index contributed by atoms with van der Waals surface area (Å²) in [6.45, 7) is 11.8. The van der Waals surface area contributed by atoms with Crippen molar-refractivity contribution in [2.45, 2.75) is 381 Å². The number of hydrogen-bond acceptors (Lipinski definition) is 15. The van der Waals surface area contributed by atoms with E-state index in [1.165, 1.54) is 167 Å². The highest BCUT2D eigenvalue weighted by atomic mass is 31.2. The van der Waals surface area contributed by atoms with E-state index in [0.29, 0.717) is 25.7 Å². The van der Waals surface area contributed by atoms with Gasteiger partial charge in [-0.1, -0.05) is 312 Å². The molecule has 91 heavy (non-hydrogen) atoms. The zero-order valence-corrected chi connectivity index (χ0v) is 61.1. The van der Waals surface area contributed by atoms with Gasteiger partial charge >= 0.3 is 39.5 Å². The fraction of sp³-hybridized carbons (Fsp3) is 0.944. The van der Waals surface area contributed by atoms with Gasteiger partial charge in [-0.3, -0.25) is 37.3 Å². The van der Waals surface area contributed by atoms with Gasteiger partial charge in [-0.15, -0.1) is 0 Å². The maximum absolute atomic E-state index is 13.0. The van der Waals surface area contributed by atoms with Gasteiger partial charge in [0.2, 0.25) is 0 Å². The van der Waals surface area contributed by atoms with Crippen LogP contribution in [0.4, 0.5) is 0 Å². The molecule has 0 aliphatic rings. The first-order valence-corrected chi connectivity index (χ1v) is 40.3. The molecule has 0 spiro atoms. The monoisotopic (exact) mass is 1340 g/mol. The summed E-state index contributed by atoms with van der Waals surface area (Å²) in [7, 11) is -9.90. The molecule has 0 aliphatic carbocycles. The second kappa shape index (κ2) is 62.8. The fourth-order valence-corrected chi connectivity index (χ4v) is 12.5. The van der Waals surface area contributed by atoms with E-state index in [4.69, 9.17) is 37.0 Å². The number of ether oxygens (including phenoxy) is 4. The summed E-state index contributed by atoms with van der Waals surface area (Å²) < 4.78 is 68.2. The summed E-state index contributed by atoms with van der Waals surface area (Å²) in [5.41, 5.74) is 0. The molecular formula is C72H140O17P2. The summed E-state index contributed by atoms with van der Waals surface area (Å²) in [6, 6.07) is 0. The highest BCUT2D eigenvalue weighted by Gasteiger charge is 2.30. The predicted octanol–water partition coefficient (Wildman–Crippen LogP) is 20.6. The van der Waals surface area contributed by atoms with E-state index in [2.05, 4.69) is 48.5 Å². The Kier molecular flexibility index (Phi) is 61.5. The van der Waals surface area contributed by atoms with Gasteiger partial charge in [0.25, 0.3) is 0 Å². The van der Waals surface area contributed by atoms with Gasteiger partial charge in [-0.05, 0) is 43.4 Å². The van der Waals surface area contributed by atoms with E-state index >= 15 is 0 Å². The second-order valence-electron chi connectivity index (χ2n) is 27.4. The zero-order chi connectivity index (χ0) is 67.3. The van der Waals surface area contributed by atoms with Crippen LogP contribution in [-0.2, 0) is 65.4 Å². The summed E-state index contributed by atoms with van der Waals surface area (Å²) in [5.74, 6) is 0.210. The normalized spacial score (nSPS) is 14.2. The lowest BCUT2D eigenvalue weighted by atomic mass is 10.0. The van der Waals surface area contributed by atoms with Gasteiger partial charge in [0.1, 0.15) is 19.3 Å². The molecule has 19 heteroatoms. The maximum Gasteiger partial charge on any atom is 0.472 e. The number of phosphoric acid groups is 2. The van der Waals surface area contributed by atoms with E-state index in [9.17, 15) is 43.2 Å². The number of aliphatic hydroxyl groups excluding tert-OH is 1. The van der Waals surface area contributed by atoms with E-state index < -0.39 is 97.5 Å². The second-order valence-corrected chi connectivity index (χ2v) is 30.3. The Morgan fingerprint density at radius 1 is 0.297 bits per heavy atom. The van der Waals surface area contributed by atoms with Crippen LogP contribution in [0.5, 0.6) is 0 Å². The van der Waals surface area contributed by atoms with Crippen molar-refractivity contribution in [2.24, 2.45) is 17.8 Å². The lowest BCUT2D eigenvalue weighted by Crippen LogP contribution is -2.30. The average Bonchev–Trinajstić information content (AvgIpc) is 2.52. The van der Waals surface area contributed by atoms with Crippen molar-refractivity contribution in [2.75, 3.05) is 39.6 Å². The van der Waals surface area contributed by atoms with Crippen molar-refractivity contribution in [3.05, 3.63) is 0 Å². The third-order valence-electron chi connectivity index (χ3n) is 16.6. The topological polar surface area (TPSA) is 237 Å². The van der Waals surface area contributed by atoms with Crippen LogP contribution in [-0.4, -0.2) is 96.7 Å². The first-order chi connectivity index (χ1) is 43.7. The quantitative estimate of drug-likeness (QED) is 0.0222. The molecule has 0 radical (unpaired) electrons. The first-order valence-electron chi connectivity index (χ1n) is 37.3. The summed E-state index contributed by atoms with van der Waals surface area (Å²) >= 11 is 0. The predicted molar refractivity (Wildman–Crippen MR) is 368 cm³/mol. The molecule has 17 nitrogen and oxygen atoms in total. The molecule has 0 aromatic carbocycles. The largest absolute Gasteiger partial charge is 0.472 e. The van der Waals surface area contributed by atoms with Crippen molar-refractivity contribution in [1.82, 2.24) is 0 Å². The Hall–Kier alpha value is -1.94. The smallest absolute Gasteiger partial charge is 0.462 e. The molecule has 0 aromatic rings. The Labute approximate surface area is 556 Å². The number of hydrogen-bond donors (Lipinski definition) is 3. The van der Waals surface area contributed by atoms with Crippen LogP contribution < -0.4 is 0 Å². The van der Waals surface area contributed by atoms with Gasteiger partial charge in [0.05, 0.1) is 26.4 Å². The van der Waals surface area contributed by atoms with Gasteiger partial charge in [-0.25, -0.2) is 9.13 Å². The van der Waals surface area contributed by atoms with E-state index in [-0.39, 0.29) is 25.7 Å². The first kappa shape index (κ1) is 89.1. The van der Waals surface area contributed by atoms with Crippen molar-refractivity contribution in [3.63, 3.8) is 0 Å². The molecule has 0 bridgehead atoms. The average molecular weight is 1340 g/mol. The van der Waals surface area contributed by atoms with Crippen LogP contribution in [0.3, 0.4) is 0 Å². The number of unbranched alkanes of at least 4 members (excludes halogenated alkanes) is 38. The number of carbonyl (C=O) groups is 4. The molecule has 2 unspecified atom stereocenters. The summed E-state index contributed by atoms with van der Waals surface area (Å²) in [5, 5.41) is 10.6. The molecular weight excluding hydrogens is 1200 g/mol. The van der Waals surface area contributed by atoms with Crippen LogP contribution in [0.15, 0.2) is 0 Å². The highest BCUT2D eigenvalue weighted by Crippen LogP contribution is 2.45. The van der Waals surface area contributed by atoms with E-state index in [1.807, 2.05) is 0 Å². The number of esters is 4. The Balaban J connectivity index is 5.16. The molecule has 5 atom stereocenters. The molecule has 0 aliphatic heterocycles.